The van der Waals surface area contributed by atoms with Gasteiger partial charge in [0.05, 0.1) is 22.8 Å². The fourth-order valence-electron chi connectivity index (χ4n) is 1.57. The van der Waals surface area contributed by atoms with E-state index in [9.17, 15) is 14.1 Å². The highest BCUT2D eigenvalue weighted by Gasteiger charge is 2.36. The van der Waals surface area contributed by atoms with Crippen molar-refractivity contribution in [3.63, 3.8) is 0 Å². The second kappa shape index (κ2) is 3.88. The van der Waals surface area contributed by atoms with Gasteiger partial charge in [0.1, 0.15) is 16.7 Å². The molecule has 86 valence electrons. The van der Waals surface area contributed by atoms with Crippen LogP contribution < -0.4 is 5.73 Å². The second-order valence-corrected chi connectivity index (χ2v) is 4.86. The summed E-state index contributed by atoms with van der Waals surface area (Å²) in [5, 5.41) is 9.34. The molecule has 1 aliphatic rings. The smallest absolute Gasteiger partial charge is 0.322 e. The van der Waals surface area contributed by atoms with Crippen LogP contribution in [-0.4, -0.2) is 28.4 Å². The fourth-order valence-corrected chi connectivity index (χ4v) is 2.83. The molecule has 3 N–H and O–H groups in total. The molecular weight excluding hydrogens is 230 g/mol. The highest BCUT2D eigenvalue weighted by Crippen LogP contribution is 2.45. The molecule has 1 aromatic rings. The number of benzene rings is 1. The van der Waals surface area contributed by atoms with Crippen molar-refractivity contribution >= 4 is 16.8 Å². The molecule has 2 atom stereocenters. The third kappa shape index (κ3) is 1.70. The van der Waals surface area contributed by atoms with Crippen LogP contribution in [0.2, 0.25) is 0 Å². The van der Waals surface area contributed by atoms with Gasteiger partial charge >= 0.3 is 5.97 Å². The molecule has 16 heavy (non-hydrogen) atoms. The molecule has 5 nitrogen and oxygen atoms in total. The molecule has 0 spiro atoms. The van der Waals surface area contributed by atoms with Gasteiger partial charge in [0.2, 0.25) is 0 Å². The van der Waals surface area contributed by atoms with Crippen LogP contribution in [0.15, 0.2) is 21.9 Å². The number of fused-ring (bicyclic) bond motifs is 1. The number of carbonyl (C=O) groups is 1. The van der Waals surface area contributed by atoms with Gasteiger partial charge in [0.25, 0.3) is 0 Å². The lowest BCUT2D eigenvalue weighted by atomic mass is 10.1. The molecular formula is C10H11NO4S. The largest absolute Gasteiger partial charge is 0.507 e. The van der Waals surface area contributed by atoms with Crippen molar-refractivity contribution in [1.29, 1.82) is 0 Å². The van der Waals surface area contributed by atoms with Crippen LogP contribution in [0.3, 0.4) is 0 Å². The number of esters is 1. The molecule has 0 bridgehead atoms. The zero-order valence-electron chi connectivity index (χ0n) is 8.60. The molecule has 0 fully saturated rings. The van der Waals surface area contributed by atoms with Gasteiger partial charge in [-0.3, -0.25) is 4.79 Å². The van der Waals surface area contributed by atoms with E-state index in [0.29, 0.717) is 9.79 Å². The number of nitrogens with two attached hydrogens (primary N) is 1. The minimum absolute atomic E-state index is 0.0312. The topological polar surface area (TPSA) is 89.6 Å². The van der Waals surface area contributed by atoms with Crippen molar-refractivity contribution in [3.8, 4) is 5.75 Å². The van der Waals surface area contributed by atoms with E-state index in [0.717, 1.165) is 5.56 Å². The first-order valence-corrected chi connectivity index (χ1v) is 5.81. The summed E-state index contributed by atoms with van der Waals surface area (Å²) in [5.41, 5.74) is 6.33. The Kier molecular flexibility index (Phi) is 2.69. The maximum Gasteiger partial charge on any atom is 0.322 e. The van der Waals surface area contributed by atoms with Crippen LogP contribution in [0, 0.1) is 0 Å². The Morgan fingerprint density at radius 1 is 1.56 bits per heavy atom. The van der Waals surface area contributed by atoms with Crippen LogP contribution in [0.1, 0.15) is 5.56 Å². The molecule has 1 aromatic carbocycles. The zero-order chi connectivity index (χ0) is 11.9. The van der Waals surface area contributed by atoms with Crippen molar-refractivity contribution in [2.24, 2.45) is 5.73 Å². The molecule has 0 radical (unpaired) electrons. The number of rotatable bonds is 3. The Morgan fingerprint density at radius 2 is 2.25 bits per heavy atom. The van der Waals surface area contributed by atoms with Crippen LogP contribution in [-0.2, 0) is 26.8 Å². The summed E-state index contributed by atoms with van der Waals surface area (Å²) in [4.78, 5) is 12.2. The third-order valence-corrected chi connectivity index (χ3v) is 3.86. The minimum atomic E-state index is -1.23. The summed E-state index contributed by atoms with van der Waals surface area (Å²) >= 11 is 0. The first-order chi connectivity index (χ1) is 7.56. The zero-order valence-corrected chi connectivity index (χ0v) is 9.41. The van der Waals surface area contributed by atoms with E-state index < -0.39 is 22.8 Å². The van der Waals surface area contributed by atoms with Crippen molar-refractivity contribution in [3.05, 3.63) is 17.7 Å². The van der Waals surface area contributed by atoms with Crippen molar-refractivity contribution < 1.29 is 18.8 Å². The predicted molar refractivity (Wildman–Crippen MR) is 56.5 cm³/mol. The molecule has 2 rings (SSSR count). The number of methoxy groups -OCH3 is 1. The first-order valence-electron chi connectivity index (χ1n) is 4.66. The van der Waals surface area contributed by atoms with Gasteiger partial charge < -0.3 is 15.6 Å². The maximum absolute atomic E-state index is 11.4. The number of phenols is 1. The molecule has 2 unspecified atom stereocenters. The number of phenolic OH excluding ortho intramolecular Hbond substituents is 1. The van der Waals surface area contributed by atoms with E-state index in [1.54, 1.807) is 6.07 Å². The fraction of sp³-hybridized carbons (Fsp3) is 0.300. The second-order valence-electron chi connectivity index (χ2n) is 3.50. The van der Waals surface area contributed by atoms with Crippen LogP contribution in [0.5, 0.6) is 5.75 Å². The number of ether oxygens (including phenoxy) is 1. The van der Waals surface area contributed by atoms with Crippen LogP contribution in [0.25, 0.3) is 0 Å². The Bertz CT molecular complexity index is 486. The molecule has 1 aliphatic heterocycles. The summed E-state index contributed by atoms with van der Waals surface area (Å²) in [7, 11) is 0.0401. The summed E-state index contributed by atoms with van der Waals surface area (Å²) in [6.07, 6.45) is 0.265. The van der Waals surface area contributed by atoms with Crippen molar-refractivity contribution in [2.45, 2.75) is 22.3 Å². The van der Waals surface area contributed by atoms with E-state index in [4.69, 9.17) is 5.73 Å². The number of hydrogen-bond acceptors (Lipinski definition) is 5. The summed E-state index contributed by atoms with van der Waals surface area (Å²) in [6, 6.07) is 2.32. The standard InChI is InChI=1S/C10H11NO4S/c1-15-10(13)6(11)4-5-2-3-7(12)9-8(5)16(9)14/h2-3,6,12H,4,11H2,1H3. The van der Waals surface area contributed by atoms with Gasteiger partial charge in [0.15, 0.2) is 0 Å². The van der Waals surface area contributed by atoms with Gasteiger partial charge in [-0.15, -0.1) is 0 Å². The monoisotopic (exact) mass is 241 g/mol. The lowest BCUT2D eigenvalue weighted by Crippen LogP contribution is -2.33. The summed E-state index contributed by atoms with van der Waals surface area (Å²) in [5.74, 6) is -0.475. The van der Waals surface area contributed by atoms with Gasteiger partial charge in [-0.25, -0.2) is 4.21 Å². The Balaban J connectivity index is 2.20. The average molecular weight is 241 g/mol. The minimum Gasteiger partial charge on any atom is -0.507 e. The molecule has 0 saturated heterocycles. The summed E-state index contributed by atoms with van der Waals surface area (Å²) < 4.78 is 15.9. The third-order valence-electron chi connectivity index (χ3n) is 2.45. The Labute approximate surface area is 94.7 Å². The molecule has 0 aromatic heterocycles. The predicted octanol–water partition coefficient (Wildman–Crippen LogP) is -0.0849. The molecule has 0 saturated carbocycles. The van der Waals surface area contributed by atoms with Gasteiger partial charge in [-0.1, -0.05) is 6.07 Å². The normalized spacial score (nSPS) is 18.8. The maximum atomic E-state index is 11.4. The number of aromatic hydroxyl groups is 1. The Morgan fingerprint density at radius 3 is 2.88 bits per heavy atom. The number of carbonyl (C=O) groups excluding carboxylic acids is 1. The number of hydrogen-bond donors (Lipinski definition) is 2. The summed E-state index contributed by atoms with van der Waals surface area (Å²) in [6.45, 7) is 0. The van der Waals surface area contributed by atoms with Crippen LogP contribution in [0.4, 0.5) is 0 Å². The highest BCUT2D eigenvalue weighted by molar-refractivity contribution is 7.91. The quantitative estimate of drug-likeness (QED) is 0.579. The van der Waals surface area contributed by atoms with E-state index in [-0.39, 0.29) is 12.2 Å². The highest BCUT2D eigenvalue weighted by atomic mass is 32.2. The van der Waals surface area contributed by atoms with Gasteiger partial charge in [-0.05, 0) is 18.1 Å². The van der Waals surface area contributed by atoms with Crippen LogP contribution >= 0.6 is 0 Å². The first kappa shape index (κ1) is 11.1. The lowest BCUT2D eigenvalue weighted by Gasteiger charge is -2.08. The van der Waals surface area contributed by atoms with Crippen molar-refractivity contribution in [2.75, 3.05) is 7.11 Å². The lowest BCUT2D eigenvalue weighted by molar-refractivity contribution is -0.142. The molecule has 0 amide bonds. The Hall–Kier alpha value is -1.40. The van der Waals surface area contributed by atoms with Gasteiger partial charge in [-0.2, -0.15) is 0 Å². The average Bonchev–Trinajstić information content (AvgIpc) is 2.94. The van der Waals surface area contributed by atoms with Gasteiger partial charge in [0, 0.05) is 0 Å². The molecule has 0 aliphatic carbocycles. The molecule has 1 heterocycles. The molecule has 6 heteroatoms. The van der Waals surface area contributed by atoms with E-state index in [1.807, 2.05) is 0 Å². The SMILES string of the molecule is COC(=O)C(N)Cc1ccc(O)c2c1S2=O. The van der Waals surface area contributed by atoms with E-state index >= 15 is 0 Å². The van der Waals surface area contributed by atoms with Crippen molar-refractivity contribution in [1.82, 2.24) is 0 Å². The van der Waals surface area contributed by atoms with E-state index in [2.05, 4.69) is 4.74 Å². The van der Waals surface area contributed by atoms with E-state index in [1.165, 1.54) is 13.2 Å².